The first-order chi connectivity index (χ1) is 21.8. The van der Waals surface area contributed by atoms with Crippen LogP contribution in [0.3, 0.4) is 0 Å². The average molecular weight is 1040 g/mol. The van der Waals surface area contributed by atoms with Gasteiger partial charge < -0.3 is 25.0 Å². The number of nitrogens with zero attached hydrogens (tertiary/aromatic N) is 6. The van der Waals surface area contributed by atoms with Crippen LogP contribution < -0.4 is 0 Å². The molecule has 0 aliphatic heterocycles. The molecule has 0 amide bonds. The average Bonchev–Trinajstić information content (AvgIpc) is 3.71. The maximum absolute atomic E-state index is 9.52. The smallest absolute Gasteiger partial charge is 0.209 e. The summed E-state index contributed by atoms with van der Waals surface area (Å²) in [7, 11) is 1.72. The molecule has 16 heteroatoms. The zero-order chi connectivity index (χ0) is 34.6. The Hall–Kier alpha value is -1.14. The van der Waals surface area contributed by atoms with Crippen molar-refractivity contribution in [2.24, 2.45) is 0 Å². The summed E-state index contributed by atoms with van der Waals surface area (Å²) in [6, 6.07) is 6.22. The normalized spacial score (nSPS) is 8.81. The molecule has 0 spiro atoms. The van der Waals surface area contributed by atoms with Gasteiger partial charge in [0, 0.05) is 154 Å². The van der Waals surface area contributed by atoms with Crippen LogP contribution in [0, 0.1) is 109 Å². The quantitative estimate of drug-likeness (QED) is 0.0854. The van der Waals surface area contributed by atoms with Crippen LogP contribution in [0.25, 0.3) is 33.1 Å². The fourth-order valence-electron chi connectivity index (χ4n) is 5.06. The third kappa shape index (κ3) is 12.7. The van der Waals surface area contributed by atoms with Gasteiger partial charge in [0.2, 0.25) is 5.88 Å². The molecule has 0 fully saturated rings. The Balaban J connectivity index is -0.000000199. The summed E-state index contributed by atoms with van der Waals surface area (Å²) < 4.78 is 8.06. The summed E-state index contributed by atoms with van der Waals surface area (Å²) in [6.45, 7) is 19.8. The molecule has 0 atom stereocenters. The van der Waals surface area contributed by atoms with Crippen molar-refractivity contribution in [3.05, 3.63) is 79.0 Å². The van der Waals surface area contributed by atoms with Crippen LogP contribution in [-0.2, 0) is 135 Å². The first-order valence-electron chi connectivity index (χ1n) is 14.2. The minimum atomic E-state index is -0.104. The van der Waals surface area contributed by atoms with E-state index < -0.39 is 0 Å². The Morgan fingerprint density at radius 3 is 1.30 bits per heavy atom. The summed E-state index contributed by atoms with van der Waals surface area (Å²) in [5, 5.41) is 36.3. The first kappa shape index (κ1) is 61.1. The zero-order valence-corrected chi connectivity index (χ0v) is 42.2. The van der Waals surface area contributed by atoms with Crippen LogP contribution in [0.5, 0.6) is 5.88 Å². The minimum Gasteiger partial charge on any atom is -0.494 e. The Bertz CT molecular complexity index is 2170. The van der Waals surface area contributed by atoms with E-state index in [9.17, 15) is 5.11 Å². The standard InChI is InChI=1S/C12H13N3.C11H11N3O.C11H10N3.3CH4.HOP.4Y/c1-6-7(2)11-12(14-8(6)3)10(5-13)9(4)15-11;1-5-6(2)9-10(13-7(5)3)8(4-12)11(15)14-9;1-6-7(2)10-11(14-8(6)3)9(4-12)5-13-10;;;;1-2;;;;/h15H,1-4H3;14-15H,1-3H3;13H,1-3H3;3*1H4;2H;;;;/q;;-1;;;;;;;;. The number of hydrogen-bond donors (Lipinski definition) is 4. The van der Waals surface area contributed by atoms with Crippen molar-refractivity contribution in [3.63, 3.8) is 0 Å². The van der Waals surface area contributed by atoms with E-state index in [1.54, 1.807) is 9.12 Å². The van der Waals surface area contributed by atoms with Gasteiger partial charge in [-0.3, -0.25) is 9.83 Å². The Morgan fingerprint density at radius 2 is 0.906 bits per heavy atom. The van der Waals surface area contributed by atoms with E-state index >= 15 is 0 Å². The SMILES string of the molecule is C.C.C.Cc1nc2c(C#N)[c-][nH]c2c(C)c1C.Cc1nc2c(C#N)c(C)[nH]c2c(C)c1C.Cc1nc2c(C#N)c(O)[nH]c2c(C)c1C.O=P.[Y].[Y].[Y].[Y]. The number of fused-ring (bicyclic) bond motifs is 3. The maximum atomic E-state index is 9.52. The largest absolute Gasteiger partial charge is 0.494 e. The number of nitriles is 3. The van der Waals surface area contributed by atoms with Crippen molar-refractivity contribution < 1.29 is 141 Å². The van der Waals surface area contributed by atoms with E-state index in [1.165, 1.54) is 11.1 Å². The molecule has 0 unspecified atom stereocenters. The molecule has 11 nitrogen and oxygen atoms in total. The zero-order valence-electron chi connectivity index (χ0n) is 29.8. The van der Waals surface area contributed by atoms with Gasteiger partial charge in [0.05, 0.1) is 16.6 Å². The molecule has 0 saturated heterocycles. The summed E-state index contributed by atoms with van der Waals surface area (Å²) >= 11 is 0. The van der Waals surface area contributed by atoms with Gasteiger partial charge in [-0.2, -0.15) is 10.5 Å². The van der Waals surface area contributed by atoms with Gasteiger partial charge in [-0.05, 0) is 120 Å². The first-order valence-corrected chi connectivity index (χ1v) is 14.6. The molecular formula is C37H47N9O2PY4-. The monoisotopic (exact) mass is 1040 g/mol. The second kappa shape index (κ2) is 26.7. The molecule has 4 radical (unpaired) electrons. The molecule has 6 heterocycles. The van der Waals surface area contributed by atoms with Crippen molar-refractivity contribution >= 4 is 42.2 Å². The molecule has 6 aromatic heterocycles. The van der Waals surface area contributed by atoms with E-state index in [0.717, 1.165) is 72.6 Å². The number of hydrogen-bond acceptors (Lipinski definition) is 8. The number of aromatic hydroxyl groups is 1. The maximum Gasteiger partial charge on any atom is 0.209 e. The topological polar surface area (TPSA) is 195 Å². The molecule has 0 aliphatic rings. The van der Waals surface area contributed by atoms with Crippen LogP contribution in [0.4, 0.5) is 0 Å². The Labute approximate surface area is 417 Å². The van der Waals surface area contributed by atoms with Gasteiger partial charge in [-0.15, -0.1) is 0 Å². The van der Waals surface area contributed by atoms with Crippen molar-refractivity contribution in [2.45, 2.75) is 91.5 Å². The molecule has 0 bridgehead atoms. The Kier molecular flexibility index (Phi) is 30.7. The van der Waals surface area contributed by atoms with Crippen molar-refractivity contribution in [3.8, 4) is 24.1 Å². The van der Waals surface area contributed by atoms with Gasteiger partial charge >= 0.3 is 0 Å². The van der Waals surface area contributed by atoms with Gasteiger partial charge in [-0.25, -0.2) is 9.97 Å². The number of H-pyrrole nitrogens is 3. The van der Waals surface area contributed by atoms with Crippen LogP contribution in [0.15, 0.2) is 0 Å². The van der Waals surface area contributed by atoms with Crippen LogP contribution in [-0.4, -0.2) is 35.0 Å². The molecule has 6 rings (SSSR count). The van der Waals surface area contributed by atoms with E-state index in [4.69, 9.17) is 20.4 Å². The third-order valence-electron chi connectivity index (χ3n) is 8.52. The number of pyridine rings is 3. The number of rotatable bonds is 0. The van der Waals surface area contributed by atoms with Gasteiger partial charge in [0.25, 0.3) is 0 Å². The van der Waals surface area contributed by atoms with E-state index in [1.807, 2.05) is 61.5 Å². The fourth-order valence-corrected chi connectivity index (χ4v) is 5.06. The molecule has 0 saturated carbocycles. The van der Waals surface area contributed by atoms with Crippen molar-refractivity contribution in [1.82, 2.24) is 29.9 Å². The Morgan fingerprint density at radius 1 is 0.547 bits per heavy atom. The van der Waals surface area contributed by atoms with Crippen molar-refractivity contribution in [1.29, 1.82) is 15.8 Å². The predicted molar refractivity (Wildman–Crippen MR) is 199 cm³/mol. The molecule has 6 aromatic rings. The van der Waals surface area contributed by atoms with E-state index in [2.05, 4.69) is 62.1 Å². The van der Waals surface area contributed by atoms with Crippen LogP contribution in [0.1, 0.15) is 95.1 Å². The summed E-state index contributed by atoms with van der Waals surface area (Å²) in [5.41, 5.74) is 16.6. The number of nitrogens with one attached hydrogen (secondary N) is 3. The fraction of sp³-hybridized carbons (Fsp3) is 0.351. The number of aryl methyl sites for hydroxylation is 7. The molecule has 53 heavy (non-hydrogen) atoms. The second-order valence-corrected chi connectivity index (χ2v) is 10.9. The van der Waals surface area contributed by atoms with Crippen LogP contribution >= 0.6 is 9.12 Å². The van der Waals surface area contributed by atoms with Gasteiger partial charge in [0.15, 0.2) is 0 Å². The molecule has 4 N–H and O–H groups in total. The molecule has 0 aliphatic carbocycles. The molecular weight excluding hydrogens is 989 g/mol. The summed E-state index contributed by atoms with van der Waals surface area (Å²) in [4.78, 5) is 22.1. The van der Waals surface area contributed by atoms with Gasteiger partial charge in [0.1, 0.15) is 37.9 Å². The number of aromatic amines is 3. The van der Waals surface area contributed by atoms with E-state index in [0.29, 0.717) is 16.6 Å². The predicted octanol–water partition coefficient (Wildman–Crippen LogP) is 9.27. The molecule has 0 aromatic carbocycles. The van der Waals surface area contributed by atoms with Gasteiger partial charge in [-0.1, -0.05) is 34.0 Å². The number of aromatic nitrogens is 6. The van der Waals surface area contributed by atoms with Crippen LogP contribution in [0.2, 0.25) is 0 Å². The summed E-state index contributed by atoms with van der Waals surface area (Å²) in [6.07, 6.45) is 2.81. The summed E-state index contributed by atoms with van der Waals surface area (Å²) in [5.74, 6) is -0.104. The minimum absolute atomic E-state index is 0. The van der Waals surface area contributed by atoms with E-state index in [-0.39, 0.29) is 165 Å². The third-order valence-corrected chi connectivity index (χ3v) is 8.52. The second-order valence-electron chi connectivity index (χ2n) is 10.9. The van der Waals surface area contributed by atoms with Crippen molar-refractivity contribution in [2.75, 3.05) is 0 Å². The molecule has 270 valence electrons.